The Morgan fingerprint density at radius 2 is 2.05 bits per heavy atom. The van der Waals surface area contributed by atoms with Gasteiger partial charge in [0.2, 0.25) is 5.13 Å². The molecule has 0 bridgehead atoms. The second-order valence-corrected chi connectivity index (χ2v) is 4.91. The molecule has 0 radical (unpaired) electrons. The molecule has 0 saturated carbocycles. The van der Waals surface area contributed by atoms with E-state index in [9.17, 15) is 13.2 Å². The van der Waals surface area contributed by atoms with E-state index >= 15 is 0 Å². The van der Waals surface area contributed by atoms with Crippen molar-refractivity contribution in [2.24, 2.45) is 0 Å². The maximum Gasteiger partial charge on any atom is 0.417 e. The Morgan fingerprint density at radius 3 is 2.63 bits per heavy atom. The first kappa shape index (κ1) is 13.9. The van der Waals surface area contributed by atoms with Gasteiger partial charge < -0.3 is 10.5 Å². The van der Waals surface area contributed by atoms with Crippen molar-refractivity contribution in [3.8, 4) is 5.75 Å². The highest BCUT2D eigenvalue weighted by atomic mass is 35.5. The van der Waals surface area contributed by atoms with Crippen molar-refractivity contribution >= 4 is 28.1 Å². The fourth-order valence-electron chi connectivity index (χ4n) is 1.31. The van der Waals surface area contributed by atoms with Crippen LogP contribution in [0.4, 0.5) is 18.3 Å². The van der Waals surface area contributed by atoms with Gasteiger partial charge in [0.15, 0.2) is 5.01 Å². The molecule has 1 aromatic heterocycles. The molecule has 0 amide bonds. The molecule has 4 nitrogen and oxygen atoms in total. The summed E-state index contributed by atoms with van der Waals surface area (Å²) in [7, 11) is 0. The molecule has 1 aromatic carbocycles. The fourth-order valence-corrected chi connectivity index (χ4v) is 2.12. The standard InChI is InChI=1S/C10H7ClF3N3OS/c11-8-5(10(12,13)14)2-1-3-6(8)18-4-7-16-17-9(15)19-7/h1-3H,4H2,(H2,15,17). The first-order valence-electron chi connectivity index (χ1n) is 4.94. The summed E-state index contributed by atoms with van der Waals surface area (Å²) in [5.41, 5.74) is 4.43. The van der Waals surface area contributed by atoms with Crippen LogP contribution in [0.1, 0.15) is 10.6 Å². The number of nitrogens with two attached hydrogens (primary N) is 1. The van der Waals surface area contributed by atoms with E-state index < -0.39 is 16.8 Å². The third kappa shape index (κ3) is 3.27. The minimum absolute atomic E-state index is 0.0457. The molecule has 0 spiro atoms. The van der Waals surface area contributed by atoms with Gasteiger partial charge in [-0.15, -0.1) is 10.2 Å². The largest absolute Gasteiger partial charge is 0.485 e. The van der Waals surface area contributed by atoms with Gasteiger partial charge in [0.25, 0.3) is 0 Å². The van der Waals surface area contributed by atoms with Crippen LogP contribution in [-0.2, 0) is 12.8 Å². The minimum atomic E-state index is -4.52. The zero-order chi connectivity index (χ0) is 14.0. The number of hydrogen-bond donors (Lipinski definition) is 1. The summed E-state index contributed by atoms with van der Waals surface area (Å²) in [4.78, 5) is 0. The van der Waals surface area contributed by atoms with Gasteiger partial charge in [-0.25, -0.2) is 0 Å². The SMILES string of the molecule is Nc1nnc(COc2cccc(C(F)(F)F)c2Cl)s1. The van der Waals surface area contributed by atoms with E-state index in [1.165, 1.54) is 12.1 Å². The van der Waals surface area contributed by atoms with Crippen molar-refractivity contribution < 1.29 is 17.9 Å². The monoisotopic (exact) mass is 309 g/mol. The summed E-state index contributed by atoms with van der Waals surface area (Å²) in [6, 6.07) is 3.46. The van der Waals surface area contributed by atoms with E-state index in [1.807, 2.05) is 0 Å². The maximum atomic E-state index is 12.6. The first-order valence-corrected chi connectivity index (χ1v) is 6.13. The summed E-state index contributed by atoms with van der Waals surface area (Å²) >= 11 is 6.75. The van der Waals surface area contributed by atoms with Crippen LogP contribution >= 0.6 is 22.9 Å². The van der Waals surface area contributed by atoms with E-state index in [0.717, 1.165) is 17.4 Å². The van der Waals surface area contributed by atoms with Gasteiger partial charge in [0.1, 0.15) is 12.4 Å². The number of hydrogen-bond acceptors (Lipinski definition) is 5. The molecule has 102 valence electrons. The number of aromatic nitrogens is 2. The van der Waals surface area contributed by atoms with Gasteiger partial charge in [-0.05, 0) is 12.1 Å². The molecular formula is C10H7ClF3N3OS. The second-order valence-electron chi connectivity index (χ2n) is 3.44. The Labute approximate surface area is 115 Å². The predicted octanol–water partition coefficient (Wildman–Crippen LogP) is 3.37. The lowest BCUT2D eigenvalue weighted by atomic mass is 10.2. The van der Waals surface area contributed by atoms with E-state index in [1.54, 1.807) is 0 Å². The average molecular weight is 310 g/mol. The van der Waals surface area contributed by atoms with E-state index in [-0.39, 0.29) is 17.5 Å². The number of anilines is 1. The van der Waals surface area contributed by atoms with Gasteiger partial charge in [-0.2, -0.15) is 13.2 Å². The second kappa shape index (κ2) is 5.22. The van der Waals surface area contributed by atoms with Crippen molar-refractivity contribution in [3.63, 3.8) is 0 Å². The van der Waals surface area contributed by atoms with Crippen LogP contribution in [0.25, 0.3) is 0 Å². The molecule has 0 aliphatic carbocycles. The Morgan fingerprint density at radius 1 is 1.32 bits per heavy atom. The van der Waals surface area contributed by atoms with E-state index in [4.69, 9.17) is 22.1 Å². The molecule has 19 heavy (non-hydrogen) atoms. The number of rotatable bonds is 3. The van der Waals surface area contributed by atoms with Crippen molar-refractivity contribution in [2.45, 2.75) is 12.8 Å². The van der Waals surface area contributed by atoms with Crippen molar-refractivity contribution in [3.05, 3.63) is 33.8 Å². The molecule has 2 rings (SSSR count). The summed E-state index contributed by atoms with van der Waals surface area (Å²) in [5.74, 6) is -0.0646. The van der Waals surface area contributed by atoms with Crippen molar-refractivity contribution in [2.75, 3.05) is 5.73 Å². The van der Waals surface area contributed by atoms with Gasteiger partial charge >= 0.3 is 6.18 Å². The lowest BCUT2D eigenvalue weighted by Gasteiger charge is -2.12. The number of ether oxygens (including phenoxy) is 1. The number of nitrogen functional groups attached to an aromatic ring is 1. The molecule has 2 aromatic rings. The van der Waals surface area contributed by atoms with Gasteiger partial charge in [-0.3, -0.25) is 0 Å². The van der Waals surface area contributed by atoms with Gasteiger partial charge in [-0.1, -0.05) is 29.0 Å². The molecule has 0 saturated heterocycles. The topological polar surface area (TPSA) is 61.0 Å². The van der Waals surface area contributed by atoms with Crippen LogP contribution in [-0.4, -0.2) is 10.2 Å². The Kier molecular flexibility index (Phi) is 3.81. The summed E-state index contributed by atoms with van der Waals surface area (Å²) in [6.07, 6.45) is -4.52. The number of nitrogens with zero attached hydrogens (tertiary/aromatic N) is 2. The summed E-state index contributed by atoms with van der Waals surface area (Å²) in [6.45, 7) is -0.0457. The third-order valence-electron chi connectivity index (χ3n) is 2.10. The first-order chi connectivity index (χ1) is 8.88. The number of benzene rings is 1. The average Bonchev–Trinajstić information content (AvgIpc) is 2.72. The molecule has 9 heteroatoms. The molecule has 0 unspecified atom stereocenters. The maximum absolute atomic E-state index is 12.6. The quantitative estimate of drug-likeness (QED) is 0.944. The van der Waals surface area contributed by atoms with Crippen LogP contribution in [0, 0.1) is 0 Å². The van der Waals surface area contributed by atoms with Gasteiger partial charge in [0.05, 0.1) is 10.6 Å². The van der Waals surface area contributed by atoms with E-state index in [0.29, 0.717) is 5.01 Å². The Hall–Kier alpha value is -1.54. The zero-order valence-electron chi connectivity index (χ0n) is 9.24. The molecule has 0 atom stereocenters. The smallest absolute Gasteiger partial charge is 0.417 e. The minimum Gasteiger partial charge on any atom is -0.485 e. The van der Waals surface area contributed by atoms with E-state index in [2.05, 4.69) is 10.2 Å². The van der Waals surface area contributed by atoms with Crippen LogP contribution in [0.5, 0.6) is 5.75 Å². The van der Waals surface area contributed by atoms with Crippen LogP contribution in [0.15, 0.2) is 18.2 Å². The van der Waals surface area contributed by atoms with Crippen LogP contribution in [0.2, 0.25) is 5.02 Å². The summed E-state index contributed by atoms with van der Waals surface area (Å²) < 4.78 is 43.0. The third-order valence-corrected chi connectivity index (χ3v) is 3.22. The molecule has 1 heterocycles. The lowest BCUT2D eigenvalue weighted by molar-refractivity contribution is -0.137. The molecular weight excluding hydrogens is 303 g/mol. The molecule has 0 aliphatic heterocycles. The number of alkyl halides is 3. The summed E-state index contributed by atoms with van der Waals surface area (Å²) in [5, 5.41) is 7.48. The predicted molar refractivity (Wildman–Crippen MR) is 65.1 cm³/mol. The highest BCUT2D eigenvalue weighted by Crippen LogP contribution is 2.39. The Balaban J connectivity index is 2.17. The zero-order valence-corrected chi connectivity index (χ0v) is 10.8. The van der Waals surface area contributed by atoms with Crippen molar-refractivity contribution in [1.82, 2.24) is 10.2 Å². The highest BCUT2D eigenvalue weighted by Gasteiger charge is 2.34. The lowest BCUT2D eigenvalue weighted by Crippen LogP contribution is -2.07. The molecule has 0 aliphatic rings. The molecule has 0 fully saturated rings. The van der Waals surface area contributed by atoms with Crippen molar-refractivity contribution in [1.29, 1.82) is 0 Å². The number of halogens is 4. The Bertz CT molecular complexity index is 588. The normalized spacial score (nSPS) is 11.6. The van der Waals surface area contributed by atoms with Gasteiger partial charge in [0, 0.05) is 0 Å². The fraction of sp³-hybridized carbons (Fsp3) is 0.200. The highest BCUT2D eigenvalue weighted by molar-refractivity contribution is 7.15. The molecule has 2 N–H and O–H groups in total. The van der Waals surface area contributed by atoms with Crippen LogP contribution in [0.3, 0.4) is 0 Å². The van der Waals surface area contributed by atoms with Crippen LogP contribution < -0.4 is 10.5 Å².